The van der Waals surface area contributed by atoms with Crippen LogP contribution in [0.5, 0.6) is 0 Å². The van der Waals surface area contributed by atoms with Crippen molar-refractivity contribution < 1.29 is 14.7 Å². The van der Waals surface area contributed by atoms with Crippen molar-refractivity contribution in [2.75, 3.05) is 4.90 Å². The third-order valence-electron chi connectivity index (χ3n) is 5.08. The van der Waals surface area contributed by atoms with E-state index in [1.165, 1.54) is 4.90 Å². The van der Waals surface area contributed by atoms with Gasteiger partial charge in [-0.2, -0.15) is 0 Å². The zero-order valence-electron chi connectivity index (χ0n) is 15.3. The summed E-state index contributed by atoms with van der Waals surface area (Å²) in [4.78, 5) is 27.5. The van der Waals surface area contributed by atoms with E-state index in [4.69, 9.17) is 23.2 Å². The predicted octanol–water partition coefficient (Wildman–Crippen LogP) is 5.00. The number of hydrogen-bond donors (Lipinski definition) is 1. The number of amides is 1. The first-order chi connectivity index (χ1) is 13.9. The molecule has 1 aliphatic rings. The molecule has 0 saturated heterocycles. The van der Waals surface area contributed by atoms with Gasteiger partial charge in [0.05, 0.1) is 18.7 Å². The van der Waals surface area contributed by atoms with Crippen LogP contribution < -0.4 is 4.90 Å². The van der Waals surface area contributed by atoms with Gasteiger partial charge in [0.15, 0.2) is 11.4 Å². The standard InChI is InChI=1S/C23H17Cl2NO3/c24-17-9-5-15(6-10-17)14-26-20-4-2-1-3-19(20)23(29,22(26)28)13-21(27)16-7-11-18(25)12-8-16/h1-12,29H,13-14H2/t23-/m0/s1. The van der Waals surface area contributed by atoms with Gasteiger partial charge < -0.3 is 10.0 Å². The van der Waals surface area contributed by atoms with Crippen LogP contribution >= 0.6 is 23.2 Å². The molecule has 1 aliphatic heterocycles. The molecule has 1 N–H and O–H groups in total. The molecule has 4 nitrogen and oxygen atoms in total. The number of carbonyl (C=O) groups is 2. The lowest BCUT2D eigenvalue weighted by Crippen LogP contribution is -2.41. The summed E-state index contributed by atoms with van der Waals surface area (Å²) in [6.07, 6.45) is -0.346. The highest BCUT2D eigenvalue weighted by Gasteiger charge is 2.50. The number of benzene rings is 3. The molecular weight excluding hydrogens is 409 g/mol. The maximum Gasteiger partial charge on any atom is 0.264 e. The minimum Gasteiger partial charge on any atom is -0.375 e. The van der Waals surface area contributed by atoms with Gasteiger partial charge >= 0.3 is 0 Å². The van der Waals surface area contributed by atoms with E-state index in [0.717, 1.165) is 5.56 Å². The number of Topliss-reactive ketones (excluding diaryl/α,β-unsaturated/α-hetero) is 1. The zero-order valence-corrected chi connectivity index (χ0v) is 16.8. The third kappa shape index (κ3) is 3.67. The van der Waals surface area contributed by atoms with Crippen molar-refractivity contribution in [2.24, 2.45) is 0 Å². The van der Waals surface area contributed by atoms with Crippen LogP contribution in [0.2, 0.25) is 10.0 Å². The van der Waals surface area contributed by atoms with Gasteiger partial charge in [0.1, 0.15) is 0 Å². The van der Waals surface area contributed by atoms with Gasteiger partial charge in [0.2, 0.25) is 0 Å². The molecule has 3 aromatic carbocycles. The normalized spacial score (nSPS) is 18.0. The van der Waals surface area contributed by atoms with Crippen LogP contribution in [-0.2, 0) is 16.9 Å². The van der Waals surface area contributed by atoms with Crippen molar-refractivity contribution in [2.45, 2.75) is 18.6 Å². The minimum absolute atomic E-state index is 0.268. The largest absolute Gasteiger partial charge is 0.375 e. The van der Waals surface area contributed by atoms with Crippen LogP contribution in [0.3, 0.4) is 0 Å². The highest BCUT2D eigenvalue weighted by molar-refractivity contribution is 6.31. The average molecular weight is 426 g/mol. The van der Waals surface area contributed by atoms with Gasteiger partial charge in [0, 0.05) is 21.2 Å². The molecule has 0 saturated carbocycles. The molecule has 0 aromatic heterocycles. The van der Waals surface area contributed by atoms with E-state index in [2.05, 4.69) is 0 Å². The minimum atomic E-state index is -1.92. The van der Waals surface area contributed by atoms with E-state index in [9.17, 15) is 14.7 Å². The average Bonchev–Trinajstić information content (AvgIpc) is 2.92. The van der Waals surface area contributed by atoms with Crippen LogP contribution in [0.4, 0.5) is 5.69 Å². The van der Waals surface area contributed by atoms with Gasteiger partial charge in [-0.15, -0.1) is 0 Å². The number of ketones is 1. The van der Waals surface area contributed by atoms with Crippen LogP contribution in [0.15, 0.2) is 72.8 Å². The number of rotatable bonds is 5. The van der Waals surface area contributed by atoms with Crippen LogP contribution in [-0.4, -0.2) is 16.8 Å². The molecule has 0 fully saturated rings. The summed E-state index contributed by atoms with van der Waals surface area (Å²) < 4.78 is 0. The number of halogens is 2. The molecule has 0 spiro atoms. The number of aliphatic hydroxyl groups is 1. The summed E-state index contributed by atoms with van der Waals surface area (Å²) in [6, 6.07) is 20.5. The molecule has 0 bridgehead atoms. The van der Waals surface area contributed by atoms with Gasteiger partial charge in [-0.3, -0.25) is 9.59 Å². The Morgan fingerprint density at radius 3 is 2.14 bits per heavy atom. The summed E-state index contributed by atoms with van der Waals surface area (Å²) in [7, 11) is 0. The fraction of sp³-hybridized carbons (Fsp3) is 0.130. The van der Waals surface area contributed by atoms with E-state index in [0.29, 0.717) is 26.9 Å². The van der Waals surface area contributed by atoms with Crippen LogP contribution in [0.25, 0.3) is 0 Å². The molecule has 3 aromatic rings. The smallest absolute Gasteiger partial charge is 0.264 e. The summed E-state index contributed by atoms with van der Waals surface area (Å²) >= 11 is 11.8. The molecule has 146 valence electrons. The number of hydrogen-bond acceptors (Lipinski definition) is 3. The molecule has 4 rings (SSSR count). The Kier molecular flexibility index (Phi) is 5.17. The fourth-order valence-electron chi connectivity index (χ4n) is 3.58. The lowest BCUT2D eigenvalue weighted by atomic mass is 9.88. The second-order valence-electron chi connectivity index (χ2n) is 7.00. The van der Waals surface area contributed by atoms with E-state index in [1.54, 1.807) is 60.7 Å². The first kappa shape index (κ1) is 19.6. The second kappa shape index (κ2) is 7.64. The Hall–Kier alpha value is -2.66. The molecular formula is C23H17Cl2NO3. The topological polar surface area (TPSA) is 57.6 Å². The molecule has 6 heteroatoms. The molecule has 0 unspecified atom stereocenters. The van der Waals surface area contributed by atoms with E-state index >= 15 is 0 Å². The van der Waals surface area contributed by atoms with Gasteiger partial charge in [0.25, 0.3) is 5.91 Å². The lowest BCUT2D eigenvalue weighted by Gasteiger charge is -2.23. The number of carbonyl (C=O) groups excluding carboxylic acids is 2. The molecule has 0 aliphatic carbocycles. The molecule has 0 radical (unpaired) electrons. The second-order valence-corrected chi connectivity index (χ2v) is 7.87. The maximum absolute atomic E-state index is 13.3. The first-order valence-corrected chi connectivity index (χ1v) is 9.81. The number of nitrogens with zero attached hydrogens (tertiary/aromatic N) is 1. The Bertz CT molecular complexity index is 1080. The van der Waals surface area contributed by atoms with Gasteiger partial charge in [-0.05, 0) is 48.0 Å². The Labute approximate surface area is 178 Å². The first-order valence-electron chi connectivity index (χ1n) is 9.05. The maximum atomic E-state index is 13.3. The monoisotopic (exact) mass is 425 g/mol. The van der Waals surface area contributed by atoms with E-state index < -0.39 is 11.5 Å². The summed E-state index contributed by atoms with van der Waals surface area (Å²) in [5.41, 5.74) is 0.370. The molecule has 1 atom stereocenters. The summed E-state index contributed by atoms with van der Waals surface area (Å²) in [5.74, 6) is -0.850. The number of para-hydroxylation sites is 1. The van der Waals surface area contributed by atoms with Crippen molar-refractivity contribution in [3.05, 3.63) is 99.5 Å². The number of fused-ring (bicyclic) bond motifs is 1. The summed E-state index contributed by atoms with van der Waals surface area (Å²) in [6.45, 7) is 0.268. The highest BCUT2D eigenvalue weighted by atomic mass is 35.5. The van der Waals surface area contributed by atoms with Gasteiger partial charge in [-0.25, -0.2) is 0 Å². The quantitative estimate of drug-likeness (QED) is 0.585. The van der Waals surface area contributed by atoms with Gasteiger partial charge in [-0.1, -0.05) is 53.5 Å². The van der Waals surface area contributed by atoms with Crippen LogP contribution in [0.1, 0.15) is 27.9 Å². The Morgan fingerprint density at radius 1 is 0.897 bits per heavy atom. The van der Waals surface area contributed by atoms with Crippen molar-refractivity contribution in [1.82, 2.24) is 0 Å². The fourth-order valence-corrected chi connectivity index (χ4v) is 3.83. The Balaban J connectivity index is 1.66. The Morgan fingerprint density at radius 2 is 1.48 bits per heavy atom. The molecule has 1 amide bonds. The van der Waals surface area contributed by atoms with Crippen molar-refractivity contribution in [1.29, 1.82) is 0 Å². The molecule has 29 heavy (non-hydrogen) atoms. The van der Waals surface area contributed by atoms with Crippen LogP contribution in [0, 0.1) is 0 Å². The number of anilines is 1. The molecule has 1 heterocycles. The predicted molar refractivity (Wildman–Crippen MR) is 113 cm³/mol. The summed E-state index contributed by atoms with van der Waals surface area (Å²) in [5, 5.41) is 12.4. The van der Waals surface area contributed by atoms with E-state index in [-0.39, 0.29) is 18.7 Å². The van der Waals surface area contributed by atoms with E-state index in [1.807, 2.05) is 12.1 Å². The van der Waals surface area contributed by atoms with Crippen molar-refractivity contribution >= 4 is 40.6 Å². The highest BCUT2D eigenvalue weighted by Crippen LogP contribution is 2.43. The zero-order chi connectivity index (χ0) is 20.6. The lowest BCUT2D eigenvalue weighted by molar-refractivity contribution is -0.136. The van der Waals surface area contributed by atoms with Crippen molar-refractivity contribution in [3.63, 3.8) is 0 Å². The SMILES string of the molecule is O=C(C[C@@]1(O)C(=O)N(Cc2ccc(Cl)cc2)c2ccccc21)c1ccc(Cl)cc1. The third-order valence-corrected chi connectivity index (χ3v) is 5.58. The van der Waals surface area contributed by atoms with Crippen molar-refractivity contribution in [3.8, 4) is 0 Å².